The van der Waals surface area contributed by atoms with E-state index in [2.05, 4.69) is 25.5 Å². The van der Waals surface area contributed by atoms with Crippen molar-refractivity contribution in [3.8, 4) is 0 Å². The predicted molar refractivity (Wildman–Crippen MR) is 48.8 cm³/mol. The molecule has 0 saturated heterocycles. The molecule has 0 aliphatic rings. The van der Waals surface area contributed by atoms with Crippen LogP contribution >= 0.6 is 0 Å². The van der Waals surface area contributed by atoms with Crippen LogP contribution in [0.4, 0.5) is 0 Å². The Bertz CT molecular complexity index is 133. The van der Waals surface area contributed by atoms with Gasteiger partial charge in [0.2, 0.25) is 0 Å². The van der Waals surface area contributed by atoms with Gasteiger partial charge in [-0.3, -0.25) is 0 Å². The molecular formula is C9H20NO2+. The second kappa shape index (κ2) is 5.14. The van der Waals surface area contributed by atoms with Crippen molar-refractivity contribution in [2.75, 3.05) is 33.3 Å². The topological polar surface area (TPSA) is 26.3 Å². The number of hydrogen-bond donors (Lipinski definition) is 0. The van der Waals surface area contributed by atoms with Crippen LogP contribution in [0.5, 0.6) is 0 Å². The van der Waals surface area contributed by atoms with E-state index in [0.717, 1.165) is 24.1 Å². The van der Waals surface area contributed by atoms with E-state index in [1.807, 2.05) is 0 Å². The van der Waals surface area contributed by atoms with Crippen LogP contribution in [0.3, 0.4) is 0 Å². The first-order valence-corrected chi connectivity index (χ1v) is 4.56. The first-order valence-electron chi connectivity index (χ1n) is 4.56. The minimum absolute atomic E-state index is 0.111. The third-order valence-electron chi connectivity index (χ3n) is 2.70. The Morgan fingerprint density at radius 2 is 1.58 bits per heavy atom. The monoisotopic (exact) mass is 174 g/mol. The Morgan fingerprint density at radius 3 is 1.83 bits per heavy atom. The molecule has 0 unspecified atom stereocenters. The van der Waals surface area contributed by atoms with Gasteiger partial charge in [-0.15, -0.1) is 0 Å². The van der Waals surface area contributed by atoms with Crippen LogP contribution in [-0.4, -0.2) is 43.7 Å². The van der Waals surface area contributed by atoms with E-state index in [1.54, 1.807) is 0 Å². The lowest BCUT2D eigenvalue weighted by Crippen LogP contribution is -2.50. The highest BCUT2D eigenvalue weighted by Crippen LogP contribution is 2.05. The fraction of sp³-hybridized carbons (Fsp3) is 0.889. The van der Waals surface area contributed by atoms with Crippen molar-refractivity contribution in [2.45, 2.75) is 20.8 Å². The maximum atomic E-state index is 11.1. The summed E-state index contributed by atoms with van der Waals surface area (Å²) in [6, 6.07) is 0. The zero-order valence-corrected chi connectivity index (χ0v) is 8.59. The molecule has 0 rings (SSSR count). The largest absolute Gasteiger partial charge is 0.465 e. The molecule has 0 spiro atoms. The van der Waals surface area contributed by atoms with E-state index in [0.29, 0.717) is 6.54 Å². The molecule has 0 fully saturated rings. The standard InChI is InChI=1S/C9H20NO2/c1-5-10(6-2,7-3)8-9(11)12-4/h5-8H2,1-4H3/q+1. The van der Waals surface area contributed by atoms with Gasteiger partial charge in [-0.1, -0.05) is 0 Å². The van der Waals surface area contributed by atoms with Crippen LogP contribution in [0.15, 0.2) is 0 Å². The Kier molecular flexibility index (Phi) is 4.90. The lowest BCUT2D eigenvalue weighted by Gasteiger charge is -2.34. The molecule has 0 heterocycles. The summed E-state index contributed by atoms with van der Waals surface area (Å²) in [5.74, 6) is -0.111. The first kappa shape index (κ1) is 11.4. The number of hydrogen-bond acceptors (Lipinski definition) is 2. The molecule has 0 saturated carbocycles. The van der Waals surface area contributed by atoms with E-state index < -0.39 is 0 Å². The number of rotatable bonds is 5. The van der Waals surface area contributed by atoms with E-state index in [-0.39, 0.29) is 5.97 Å². The molecule has 3 heteroatoms. The normalized spacial score (nSPS) is 11.3. The van der Waals surface area contributed by atoms with Crippen molar-refractivity contribution in [2.24, 2.45) is 0 Å². The second-order valence-corrected chi connectivity index (χ2v) is 3.02. The molecule has 72 valence electrons. The minimum atomic E-state index is -0.111. The van der Waals surface area contributed by atoms with Crippen LogP contribution in [0, 0.1) is 0 Å². The van der Waals surface area contributed by atoms with Crippen molar-refractivity contribution >= 4 is 5.97 Å². The Morgan fingerprint density at radius 1 is 1.17 bits per heavy atom. The van der Waals surface area contributed by atoms with Crippen LogP contribution in [0.2, 0.25) is 0 Å². The number of nitrogens with zero attached hydrogens (tertiary/aromatic N) is 1. The third kappa shape index (κ3) is 2.81. The summed E-state index contributed by atoms with van der Waals surface area (Å²) in [4.78, 5) is 11.1. The third-order valence-corrected chi connectivity index (χ3v) is 2.70. The van der Waals surface area contributed by atoms with Crippen molar-refractivity contribution < 1.29 is 14.0 Å². The molecule has 0 N–H and O–H groups in total. The highest BCUT2D eigenvalue weighted by atomic mass is 16.5. The zero-order valence-electron chi connectivity index (χ0n) is 8.59. The molecule has 0 bridgehead atoms. The van der Waals surface area contributed by atoms with Gasteiger partial charge in [-0.2, -0.15) is 0 Å². The number of quaternary nitrogens is 1. The first-order chi connectivity index (χ1) is 5.64. The van der Waals surface area contributed by atoms with Crippen molar-refractivity contribution in [1.82, 2.24) is 0 Å². The number of likely N-dealkylation sites (N-methyl/N-ethyl adjacent to an activating group) is 1. The van der Waals surface area contributed by atoms with E-state index in [1.165, 1.54) is 7.11 Å². The molecule has 0 atom stereocenters. The smallest absolute Gasteiger partial charge is 0.361 e. The van der Waals surface area contributed by atoms with Crippen molar-refractivity contribution in [3.05, 3.63) is 0 Å². The van der Waals surface area contributed by atoms with Gasteiger partial charge in [0.15, 0.2) is 6.54 Å². The van der Waals surface area contributed by atoms with Gasteiger partial charge in [0.1, 0.15) is 0 Å². The lowest BCUT2D eigenvalue weighted by atomic mass is 10.3. The van der Waals surface area contributed by atoms with Gasteiger partial charge >= 0.3 is 5.97 Å². The summed E-state index contributed by atoms with van der Waals surface area (Å²) in [5, 5.41) is 0. The highest BCUT2D eigenvalue weighted by molar-refractivity contribution is 5.70. The molecule has 0 amide bonds. The lowest BCUT2D eigenvalue weighted by molar-refractivity contribution is -0.916. The van der Waals surface area contributed by atoms with Gasteiger partial charge in [-0.05, 0) is 20.8 Å². The fourth-order valence-corrected chi connectivity index (χ4v) is 1.34. The number of carbonyl (C=O) groups is 1. The molecule has 0 aliphatic carbocycles. The molecule has 0 aromatic carbocycles. The summed E-state index contributed by atoms with van der Waals surface area (Å²) < 4.78 is 5.48. The highest BCUT2D eigenvalue weighted by Gasteiger charge is 2.24. The van der Waals surface area contributed by atoms with Crippen LogP contribution in [-0.2, 0) is 9.53 Å². The average Bonchev–Trinajstić information content (AvgIpc) is 2.14. The minimum Gasteiger partial charge on any atom is -0.465 e. The van der Waals surface area contributed by atoms with E-state index in [9.17, 15) is 4.79 Å². The summed E-state index contributed by atoms with van der Waals surface area (Å²) in [7, 11) is 1.44. The van der Waals surface area contributed by atoms with Crippen LogP contribution in [0.25, 0.3) is 0 Å². The van der Waals surface area contributed by atoms with Gasteiger partial charge in [0.25, 0.3) is 0 Å². The van der Waals surface area contributed by atoms with Crippen molar-refractivity contribution in [3.63, 3.8) is 0 Å². The predicted octanol–water partition coefficient (Wildman–Crippen LogP) is 1.04. The summed E-state index contributed by atoms with van der Waals surface area (Å²) in [5.41, 5.74) is 0. The van der Waals surface area contributed by atoms with Crippen molar-refractivity contribution in [1.29, 1.82) is 0 Å². The number of ether oxygens (including phenoxy) is 1. The Labute approximate surface area is 74.9 Å². The molecule has 0 aromatic heterocycles. The molecule has 0 radical (unpaired) electrons. The van der Waals surface area contributed by atoms with E-state index in [4.69, 9.17) is 0 Å². The molecule has 0 aromatic rings. The summed E-state index contributed by atoms with van der Waals surface area (Å²) in [6.45, 7) is 9.79. The van der Waals surface area contributed by atoms with Gasteiger partial charge in [0.05, 0.1) is 26.7 Å². The Hall–Kier alpha value is -0.570. The van der Waals surface area contributed by atoms with Gasteiger partial charge in [-0.25, -0.2) is 4.79 Å². The summed E-state index contributed by atoms with van der Waals surface area (Å²) >= 11 is 0. The molecular weight excluding hydrogens is 154 g/mol. The number of methoxy groups -OCH3 is 1. The molecule has 0 aliphatic heterocycles. The quantitative estimate of drug-likeness (QED) is 0.460. The average molecular weight is 174 g/mol. The fourth-order valence-electron chi connectivity index (χ4n) is 1.34. The Balaban J connectivity index is 4.19. The molecule has 12 heavy (non-hydrogen) atoms. The number of carbonyl (C=O) groups excluding carboxylic acids is 1. The van der Waals surface area contributed by atoms with E-state index >= 15 is 0 Å². The molecule has 3 nitrogen and oxygen atoms in total. The van der Waals surface area contributed by atoms with Gasteiger partial charge < -0.3 is 9.22 Å². The maximum Gasteiger partial charge on any atom is 0.361 e. The van der Waals surface area contributed by atoms with Gasteiger partial charge in [0, 0.05) is 0 Å². The summed E-state index contributed by atoms with van der Waals surface area (Å²) in [6.07, 6.45) is 0. The number of esters is 1. The van der Waals surface area contributed by atoms with Crippen LogP contribution < -0.4 is 0 Å². The van der Waals surface area contributed by atoms with Crippen LogP contribution in [0.1, 0.15) is 20.8 Å². The second-order valence-electron chi connectivity index (χ2n) is 3.02. The maximum absolute atomic E-state index is 11.1. The SMILES string of the molecule is CC[N+](CC)(CC)CC(=O)OC. The zero-order chi connectivity index (χ0) is 9.61.